The lowest BCUT2D eigenvalue weighted by Crippen LogP contribution is -2.43. The molecule has 1 fully saturated rings. The van der Waals surface area contributed by atoms with Gasteiger partial charge >= 0.3 is 6.03 Å². The maximum Gasteiger partial charge on any atom is 0.322 e. The van der Waals surface area contributed by atoms with Crippen LogP contribution in [0.5, 0.6) is 0 Å². The fourth-order valence-electron chi connectivity index (χ4n) is 2.83. The minimum absolute atomic E-state index is 0.198. The fourth-order valence-corrected chi connectivity index (χ4v) is 2.83. The molecule has 130 valence electrons. The van der Waals surface area contributed by atoms with Crippen molar-refractivity contribution < 1.29 is 14.4 Å². The van der Waals surface area contributed by atoms with E-state index in [4.69, 9.17) is 4.84 Å². The highest BCUT2D eigenvalue weighted by molar-refractivity contribution is 5.81. The summed E-state index contributed by atoms with van der Waals surface area (Å²) in [6.07, 6.45) is 2.11. The van der Waals surface area contributed by atoms with Crippen LogP contribution in [0.25, 0.3) is 0 Å². The largest absolute Gasteiger partial charge is 0.327 e. The molecular formula is C18H25N3O3. The van der Waals surface area contributed by atoms with E-state index in [9.17, 15) is 9.59 Å². The van der Waals surface area contributed by atoms with Crippen LogP contribution in [0.15, 0.2) is 42.6 Å². The molecule has 0 saturated carbocycles. The summed E-state index contributed by atoms with van der Waals surface area (Å²) >= 11 is 0. The van der Waals surface area contributed by atoms with E-state index in [-0.39, 0.29) is 12.1 Å². The second-order valence-corrected chi connectivity index (χ2v) is 6.44. The molecule has 6 nitrogen and oxygen atoms in total. The SMILES string of the molecule is C=C1N(CC(CCc2ccccc2)N(C=O)OC)C(=O)NC1(C)C. The van der Waals surface area contributed by atoms with Crippen LogP contribution in [-0.4, -0.2) is 47.6 Å². The Morgan fingerprint density at radius 2 is 2.04 bits per heavy atom. The molecule has 0 aromatic heterocycles. The molecule has 1 unspecified atom stereocenters. The third-order valence-electron chi connectivity index (χ3n) is 4.39. The Hall–Kier alpha value is -2.34. The third-order valence-corrected chi connectivity index (χ3v) is 4.39. The van der Waals surface area contributed by atoms with Gasteiger partial charge in [0.05, 0.1) is 25.2 Å². The summed E-state index contributed by atoms with van der Waals surface area (Å²) < 4.78 is 0. The van der Waals surface area contributed by atoms with Crippen molar-refractivity contribution in [1.29, 1.82) is 0 Å². The number of carbonyl (C=O) groups is 2. The van der Waals surface area contributed by atoms with Gasteiger partial charge in [-0.2, -0.15) is 0 Å². The molecular weight excluding hydrogens is 306 g/mol. The summed E-state index contributed by atoms with van der Waals surface area (Å²) in [5.41, 5.74) is 1.38. The molecule has 0 bridgehead atoms. The molecule has 3 amide bonds. The molecule has 1 aromatic rings. The highest BCUT2D eigenvalue weighted by Gasteiger charge is 2.40. The molecule has 0 spiro atoms. The Labute approximate surface area is 143 Å². The number of hydroxylamine groups is 2. The zero-order valence-electron chi connectivity index (χ0n) is 14.5. The fraction of sp³-hybridized carbons (Fsp3) is 0.444. The van der Waals surface area contributed by atoms with Crippen LogP contribution in [0.2, 0.25) is 0 Å². The molecule has 1 aromatic carbocycles. The quantitative estimate of drug-likeness (QED) is 0.587. The number of aryl methyl sites for hydroxylation is 1. The number of nitrogens with zero attached hydrogens (tertiary/aromatic N) is 2. The van der Waals surface area contributed by atoms with Crippen LogP contribution in [0.3, 0.4) is 0 Å². The molecule has 0 radical (unpaired) electrons. The lowest BCUT2D eigenvalue weighted by Gasteiger charge is -2.30. The van der Waals surface area contributed by atoms with E-state index >= 15 is 0 Å². The van der Waals surface area contributed by atoms with Gasteiger partial charge in [0.2, 0.25) is 6.41 Å². The number of carbonyl (C=O) groups excluding carboxylic acids is 2. The van der Waals surface area contributed by atoms with Crippen LogP contribution < -0.4 is 5.32 Å². The van der Waals surface area contributed by atoms with Crippen molar-refractivity contribution in [3.05, 3.63) is 48.2 Å². The molecule has 1 heterocycles. The highest BCUT2D eigenvalue weighted by Crippen LogP contribution is 2.26. The Balaban J connectivity index is 2.10. The zero-order valence-corrected chi connectivity index (χ0v) is 14.5. The second kappa shape index (κ2) is 7.49. The predicted octanol–water partition coefficient (Wildman–Crippen LogP) is 2.33. The molecule has 6 heteroatoms. The lowest BCUT2D eigenvalue weighted by molar-refractivity contribution is -0.175. The van der Waals surface area contributed by atoms with E-state index in [1.165, 1.54) is 17.7 Å². The van der Waals surface area contributed by atoms with Crippen molar-refractivity contribution in [2.24, 2.45) is 0 Å². The number of hydrogen-bond acceptors (Lipinski definition) is 3. The normalized spacial score (nSPS) is 17.5. The first-order valence-corrected chi connectivity index (χ1v) is 7.99. The van der Waals surface area contributed by atoms with Gasteiger partial charge in [-0.05, 0) is 32.3 Å². The van der Waals surface area contributed by atoms with Gasteiger partial charge < -0.3 is 5.32 Å². The first-order valence-electron chi connectivity index (χ1n) is 7.99. The van der Waals surface area contributed by atoms with Crippen molar-refractivity contribution in [2.75, 3.05) is 13.7 Å². The number of hydrogen-bond donors (Lipinski definition) is 1. The summed E-state index contributed by atoms with van der Waals surface area (Å²) in [5.74, 6) is 0. The molecule has 1 saturated heterocycles. The highest BCUT2D eigenvalue weighted by atomic mass is 16.7. The third kappa shape index (κ3) is 3.94. The van der Waals surface area contributed by atoms with E-state index < -0.39 is 5.54 Å². The van der Waals surface area contributed by atoms with Crippen LogP contribution in [0.4, 0.5) is 4.79 Å². The topological polar surface area (TPSA) is 61.9 Å². The Morgan fingerprint density at radius 1 is 1.38 bits per heavy atom. The van der Waals surface area contributed by atoms with Gasteiger partial charge in [-0.1, -0.05) is 36.9 Å². The molecule has 2 rings (SSSR count). The Bertz CT molecular complexity index is 601. The molecule has 24 heavy (non-hydrogen) atoms. The number of rotatable bonds is 8. The van der Waals surface area contributed by atoms with Gasteiger partial charge in [-0.3, -0.25) is 14.5 Å². The number of benzene rings is 1. The molecule has 1 N–H and O–H groups in total. The molecule has 1 aliphatic heterocycles. The maximum absolute atomic E-state index is 12.2. The first kappa shape index (κ1) is 18.0. The summed E-state index contributed by atoms with van der Waals surface area (Å²) in [7, 11) is 1.45. The van der Waals surface area contributed by atoms with Crippen molar-refractivity contribution >= 4 is 12.4 Å². The summed E-state index contributed by atoms with van der Waals surface area (Å²) in [6, 6.07) is 9.56. The number of amides is 3. The molecule has 1 aliphatic rings. The monoisotopic (exact) mass is 331 g/mol. The van der Waals surface area contributed by atoms with Gasteiger partial charge in [0, 0.05) is 5.70 Å². The van der Waals surface area contributed by atoms with E-state index in [0.717, 1.165) is 6.42 Å². The van der Waals surface area contributed by atoms with Crippen LogP contribution in [0, 0.1) is 0 Å². The maximum atomic E-state index is 12.2. The zero-order chi connectivity index (χ0) is 17.7. The van der Waals surface area contributed by atoms with Crippen LogP contribution >= 0.6 is 0 Å². The lowest BCUT2D eigenvalue weighted by atomic mass is 10.0. The van der Waals surface area contributed by atoms with Gasteiger partial charge in [-0.15, -0.1) is 0 Å². The summed E-state index contributed by atoms with van der Waals surface area (Å²) in [4.78, 5) is 30.3. The van der Waals surface area contributed by atoms with E-state index in [1.54, 1.807) is 4.90 Å². The van der Waals surface area contributed by atoms with Gasteiger partial charge in [0.1, 0.15) is 0 Å². The van der Waals surface area contributed by atoms with Crippen molar-refractivity contribution in [2.45, 2.75) is 38.3 Å². The summed E-state index contributed by atoms with van der Waals surface area (Å²) in [5, 5.41) is 4.15. The average Bonchev–Trinajstić information content (AvgIpc) is 2.76. The van der Waals surface area contributed by atoms with Crippen LogP contribution in [0.1, 0.15) is 25.8 Å². The minimum Gasteiger partial charge on any atom is -0.327 e. The summed E-state index contributed by atoms with van der Waals surface area (Å²) in [6.45, 7) is 8.16. The smallest absolute Gasteiger partial charge is 0.322 e. The number of nitrogens with one attached hydrogen (secondary N) is 1. The van der Waals surface area contributed by atoms with Gasteiger partial charge in [0.15, 0.2) is 0 Å². The molecule has 0 aliphatic carbocycles. The molecule has 1 atom stereocenters. The van der Waals surface area contributed by atoms with Crippen molar-refractivity contribution in [3.63, 3.8) is 0 Å². The Kier molecular flexibility index (Phi) is 5.62. The van der Waals surface area contributed by atoms with Crippen molar-refractivity contribution in [1.82, 2.24) is 15.3 Å². The average molecular weight is 331 g/mol. The van der Waals surface area contributed by atoms with Crippen molar-refractivity contribution in [3.8, 4) is 0 Å². The van der Waals surface area contributed by atoms with Crippen LogP contribution in [-0.2, 0) is 16.1 Å². The number of urea groups is 1. The van der Waals surface area contributed by atoms with E-state index in [1.807, 2.05) is 44.2 Å². The first-order chi connectivity index (χ1) is 11.4. The van der Waals surface area contributed by atoms with Gasteiger partial charge in [-0.25, -0.2) is 9.86 Å². The Morgan fingerprint density at radius 3 is 2.54 bits per heavy atom. The van der Waals surface area contributed by atoms with Gasteiger partial charge in [0.25, 0.3) is 0 Å². The second-order valence-electron chi connectivity index (χ2n) is 6.44. The minimum atomic E-state index is -0.486. The van der Waals surface area contributed by atoms with E-state index in [2.05, 4.69) is 11.9 Å². The van der Waals surface area contributed by atoms with E-state index in [0.29, 0.717) is 25.1 Å². The predicted molar refractivity (Wildman–Crippen MR) is 91.9 cm³/mol. The standard InChI is InChI=1S/C18H25N3O3/c1-14-18(2,3)19-17(23)20(14)12-16(21(13-22)24-4)11-10-15-8-6-5-7-9-15/h5-9,13,16H,1,10-12H2,2-4H3,(H,19,23).